The van der Waals surface area contributed by atoms with E-state index in [1.54, 1.807) is 12.4 Å². The van der Waals surface area contributed by atoms with Crippen molar-refractivity contribution in [3.63, 3.8) is 0 Å². The minimum absolute atomic E-state index is 0.587. The maximum Gasteiger partial charge on any atom is 0.201 e. The lowest BCUT2D eigenvalue weighted by atomic mass is 9.43. The van der Waals surface area contributed by atoms with Crippen LogP contribution >= 0.6 is 0 Å². The van der Waals surface area contributed by atoms with Crippen molar-refractivity contribution in [3.8, 4) is 0 Å². The van der Waals surface area contributed by atoms with Gasteiger partial charge in [0, 0.05) is 24.2 Å². The molecule has 1 rings (SSSR count). The second kappa shape index (κ2) is 4.11. The highest BCUT2D eigenvalue weighted by Crippen LogP contribution is 1.95. The van der Waals surface area contributed by atoms with Gasteiger partial charge in [0.2, 0.25) is 6.71 Å². The van der Waals surface area contributed by atoms with Gasteiger partial charge in [-0.15, -0.1) is 0 Å². The van der Waals surface area contributed by atoms with Crippen molar-refractivity contribution >= 4 is 12.3 Å². The topological polar surface area (TPSA) is 25.8 Å². The van der Waals surface area contributed by atoms with Crippen LogP contribution in [-0.2, 0) is 0 Å². The van der Waals surface area contributed by atoms with Crippen LogP contribution in [0.3, 0.4) is 0 Å². The zero-order valence-corrected chi connectivity index (χ0v) is 7.12. The van der Waals surface area contributed by atoms with Gasteiger partial charge in [0.15, 0.2) is 0 Å². The van der Waals surface area contributed by atoms with E-state index in [-0.39, 0.29) is 0 Å². The van der Waals surface area contributed by atoms with Crippen LogP contribution in [0.15, 0.2) is 18.6 Å². The van der Waals surface area contributed by atoms with Gasteiger partial charge in [-0.05, 0) is 0 Å². The molecule has 3 heteroatoms. The Kier molecular flexibility index (Phi) is 3.08. The molecule has 0 atom stereocenters. The van der Waals surface area contributed by atoms with E-state index in [0.717, 1.165) is 18.2 Å². The molecule has 2 nitrogen and oxygen atoms in total. The molecule has 1 aromatic heterocycles. The Labute approximate surface area is 68.2 Å². The minimum atomic E-state index is 0.587. The van der Waals surface area contributed by atoms with E-state index in [9.17, 15) is 0 Å². The molecule has 0 N–H and O–H groups in total. The van der Waals surface area contributed by atoms with Crippen LogP contribution in [0.25, 0.3) is 0 Å². The molecule has 0 unspecified atom stereocenters. The van der Waals surface area contributed by atoms with Gasteiger partial charge in [-0.3, -0.25) is 9.97 Å². The lowest BCUT2D eigenvalue weighted by Gasteiger charge is -2.05. The fourth-order valence-corrected chi connectivity index (χ4v) is 1.23. The summed E-state index contributed by atoms with van der Waals surface area (Å²) < 4.78 is 0. The van der Waals surface area contributed by atoms with Crippen molar-refractivity contribution < 1.29 is 0 Å². The highest BCUT2D eigenvalue weighted by Gasteiger charge is 2.11. The normalized spacial score (nSPS) is 9.64. The molecular weight excluding hydrogens is 135 g/mol. The summed E-state index contributed by atoms with van der Waals surface area (Å²) in [6.07, 6.45) is 7.63. The van der Waals surface area contributed by atoms with Crippen molar-refractivity contribution in [1.29, 1.82) is 0 Å². The molecule has 0 spiro atoms. The van der Waals surface area contributed by atoms with Crippen LogP contribution in [0.1, 0.15) is 13.8 Å². The Hall–Kier alpha value is -0.855. The van der Waals surface area contributed by atoms with E-state index in [1.807, 2.05) is 6.20 Å². The molecule has 0 saturated heterocycles. The van der Waals surface area contributed by atoms with Crippen LogP contribution < -0.4 is 5.59 Å². The van der Waals surface area contributed by atoms with Crippen molar-refractivity contribution in [2.24, 2.45) is 0 Å². The van der Waals surface area contributed by atoms with Gasteiger partial charge >= 0.3 is 0 Å². The fourth-order valence-electron chi connectivity index (χ4n) is 1.23. The van der Waals surface area contributed by atoms with Gasteiger partial charge in [0.25, 0.3) is 0 Å². The molecule has 58 valence electrons. The first kappa shape index (κ1) is 8.24. The molecule has 0 aromatic carbocycles. The molecule has 0 radical (unpaired) electrons. The molecule has 0 aliphatic carbocycles. The van der Waals surface area contributed by atoms with E-state index >= 15 is 0 Å². The van der Waals surface area contributed by atoms with E-state index in [4.69, 9.17) is 0 Å². The Morgan fingerprint density at radius 1 is 1.27 bits per heavy atom. The molecule has 0 aliphatic heterocycles. The zero-order valence-electron chi connectivity index (χ0n) is 7.12. The Morgan fingerprint density at radius 2 is 2.00 bits per heavy atom. The molecule has 0 amide bonds. The quantitative estimate of drug-likeness (QED) is 0.602. The molecule has 1 aromatic rings. The minimum Gasteiger partial charge on any atom is -0.268 e. The van der Waals surface area contributed by atoms with Crippen molar-refractivity contribution in [2.75, 3.05) is 0 Å². The Morgan fingerprint density at radius 3 is 2.45 bits per heavy atom. The van der Waals surface area contributed by atoms with E-state index in [2.05, 4.69) is 23.8 Å². The summed E-state index contributed by atoms with van der Waals surface area (Å²) in [4.78, 5) is 8.30. The van der Waals surface area contributed by atoms with Crippen LogP contribution in [-0.4, -0.2) is 16.7 Å². The predicted molar refractivity (Wildman–Crippen MR) is 48.4 cm³/mol. The summed E-state index contributed by atoms with van der Waals surface area (Å²) in [6, 6.07) is 0. The molecule has 1 heterocycles. The molecule has 11 heavy (non-hydrogen) atoms. The van der Waals surface area contributed by atoms with Crippen molar-refractivity contribution in [1.82, 2.24) is 9.97 Å². The number of hydrogen-bond donors (Lipinski definition) is 0. The van der Waals surface area contributed by atoms with Gasteiger partial charge in [-0.25, -0.2) is 0 Å². The van der Waals surface area contributed by atoms with E-state index < -0.39 is 0 Å². The van der Waals surface area contributed by atoms with Gasteiger partial charge in [-0.1, -0.05) is 26.5 Å². The third kappa shape index (κ3) is 2.04. The highest BCUT2D eigenvalue weighted by atomic mass is 14.7. The van der Waals surface area contributed by atoms with Crippen LogP contribution in [0, 0.1) is 0 Å². The van der Waals surface area contributed by atoms with Gasteiger partial charge < -0.3 is 0 Å². The van der Waals surface area contributed by atoms with Crippen LogP contribution in [0.2, 0.25) is 12.6 Å². The highest BCUT2D eigenvalue weighted by molar-refractivity contribution is 6.72. The number of nitrogens with zero attached hydrogens (tertiary/aromatic N) is 2. The maximum absolute atomic E-state index is 4.26. The lowest BCUT2D eigenvalue weighted by molar-refractivity contribution is 1.21. The van der Waals surface area contributed by atoms with Crippen molar-refractivity contribution in [3.05, 3.63) is 18.6 Å². The van der Waals surface area contributed by atoms with Crippen LogP contribution in [0.4, 0.5) is 0 Å². The predicted octanol–water partition coefficient (Wildman–Crippen LogP) is 1.22. The summed E-state index contributed by atoms with van der Waals surface area (Å²) in [5, 5.41) is 0. The standard InChI is InChI=1S/C8H13BN2/c1-3-9(4-2)8-7-10-5-6-11-8/h5-7H,3-4H2,1-2H3. The SMILES string of the molecule is CCB(CC)c1cnccn1. The van der Waals surface area contributed by atoms with E-state index in [1.165, 1.54) is 0 Å². The number of hydrogen-bond acceptors (Lipinski definition) is 2. The van der Waals surface area contributed by atoms with Gasteiger partial charge in [0.1, 0.15) is 0 Å². The Balaban J connectivity index is 2.74. The summed E-state index contributed by atoms with van der Waals surface area (Å²) in [6.45, 7) is 4.95. The molecule has 0 saturated carbocycles. The van der Waals surface area contributed by atoms with E-state index in [0.29, 0.717) is 6.71 Å². The fraction of sp³-hybridized carbons (Fsp3) is 0.500. The third-order valence-corrected chi connectivity index (χ3v) is 1.99. The van der Waals surface area contributed by atoms with Gasteiger partial charge in [-0.2, -0.15) is 0 Å². The first-order valence-electron chi connectivity index (χ1n) is 4.14. The van der Waals surface area contributed by atoms with Crippen molar-refractivity contribution in [2.45, 2.75) is 26.5 Å². The van der Waals surface area contributed by atoms with Gasteiger partial charge in [0.05, 0.1) is 0 Å². The first-order valence-corrected chi connectivity index (χ1v) is 4.14. The molecular formula is C8H13BN2. The second-order valence-electron chi connectivity index (χ2n) is 2.64. The average Bonchev–Trinajstić information content (AvgIpc) is 2.09. The van der Waals surface area contributed by atoms with Crippen LogP contribution in [0.5, 0.6) is 0 Å². The maximum atomic E-state index is 4.26. The lowest BCUT2D eigenvalue weighted by Crippen LogP contribution is -2.31. The summed E-state index contributed by atoms with van der Waals surface area (Å²) >= 11 is 0. The average molecular weight is 148 g/mol. The first-order chi connectivity index (χ1) is 5.38. The second-order valence-corrected chi connectivity index (χ2v) is 2.64. The summed E-state index contributed by atoms with van der Waals surface area (Å²) in [7, 11) is 0. The monoisotopic (exact) mass is 148 g/mol. The zero-order chi connectivity index (χ0) is 8.10. The number of rotatable bonds is 3. The smallest absolute Gasteiger partial charge is 0.201 e. The number of aromatic nitrogens is 2. The molecule has 0 fully saturated rings. The largest absolute Gasteiger partial charge is 0.268 e. The summed E-state index contributed by atoms with van der Waals surface area (Å²) in [5.74, 6) is 0. The molecule has 0 bridgehead atoms. The Bertz CT molecular complexity index is 197. The third-order valence-electron chi connectivity index (χ3n) is 1.99. The molecule has 0 aliphatic rings. The summed E-state index contributed by atoms with van der Waals surface area (Å²) in [5.41, 5.74) is 1.12.